The molecule has 0 amide bonds. The molecule has 1 heteroatoms. The number of rotatable bonds is 4. The van der Waals surface area contributed by atoms with Crippen molar-refractivity contribution in [2.45, 2.75) is 86.5 Å². The molecule has 0 aromatic rings. The Morgan fingerprint density at radius 3 is 1.89 bits per heavy atom. The van der Waals surface area contributed by atoms with E-state index in [0.29, 0.717) is 16.2 Å². The fraction of sp³-hybridized carbons (Fsp3) is 1.00. The van der Waals surface area contributed by atoms with Gasteiger partial charge >= 0.3 is 0 Å². The van der Waals surface area contributed by atoms with E-state index in [1.807, 2.05) is 0 Å². The molecule has 0 aromatic heterocycles. The Bertz CT molecular complexity index is 253. The predicted octanol–water partition coefficient (Wildman–Crippen LogP) is 6.82. The van der Waals surface area contributed by atoms with Crippen molar-refractivity contribution in [2.24, 2.45) is 22.2 Å². The van der Waals surface area contributed by atoms with Crippen LogP contribution in [0, 0.1) is 22.2 Å². The molecule has 19 heavy (non-hydrogen) atoms. The lowest BCUT2D eigenvalue weighted by atomic mass is 9.63. The first-order valence-corrected chi connectivity index (χ1v) is 9.26. The summed E-state index contributed by atoms with van der Waals surface area (Å²) < 4.78 is 0. The van der Waals surface area contributed by atoms with Crippen molar-refractivity contribution >= 4 is 15.9 Å². The van der Waals surface area contributed by atoms with Crippen LogP contribution in [0.1, 0.15) is 86.5 Å². The first-order chi connectivity index (χ1) is 8.58. The second kappa shape index (κ2) is 6.50. The van der Waals surface area contributed by atoms with Crippen LogP contribution in [0.2, 0.25) is 0 Å². The molecule has 114 valence electrons. The Morgan fingerprint density at radius 2 is 1.53 bits per heavy atom. The Morgan fingerprint density at radius 1 is 1.00 bits per heavy atom. The molecule has 0 aromatic carbocycles. The van der Waals surface area contributed by atoms with Gasteiger partial charge in [0.25, 0.3) is 0 Å². The van der Waals surface area contributed by atoms with E-state index in [1.54, 1.807) is 0 Å². The highest BCUT2D eigenvalue weighted by Gasteiger charge is 2.37. The van der Waals surface area contributed by atoms with Crippen molar-refractivity contribution in [3.8, 4) is 0 Å². The van der Waals surface area contributed by atoms with Gasteiger partial charge in [-0.1, -0.05) is 63.9 Å². The van der Waals surface area contributed by atoms with Gasteiger partial charge in [-0.15, -0.1) is 0 Å². The highest BCUT2D eigenvalue weighted by Crippen LogP contribution is 2.48. The van der Waals surface area contributed by atoms with E-state index in [9.17, 15) is 0 Å². The van der Waals surface area contributed by atoms with Crippen molar-refractivity contribution < 1.29 is 0 Å². The maximum atomic E-state index is 3.82. The molecule has 0 spiro atoms. The summed E-state index contributed by atoms with van der Waals surface area (Å²) in [5, 5.41) is 1.21. The summed E-state index contributed by atoms with van der Waals surface area (Å²) in [4.78, 5) is 0. The second-order valence-electron chi connectivity index (χ2n) is 9.19. The monoisotopic (exact) mass is 330 g/mol. The van der Waals surface area contributed by atoms with Crippen molar-refractivity contribution in [1.82, 2.24) is 0 Å². The zero-order chi connectivity index (χ0) is 14.7. The Hall–Kier alpha value is 0.480. The predicted molar refractivity (Wildman–Crippen MR) is 90.9 cm³/mol. The summed E-state index contributed by atoms with van der Waals surface area (Å²) in [6.07, 6.45) is 9.93. The van der Waals surface area contributed by atoms with Gasteiger partial charge in [0.15, 0.2) is 0 Å². The van der Waals surface area contributed by atoms with E-state index in [0.717, 1.165) is 5.92 Å². The molecule has 1 aliphatic carbocycles. The normalized spacial score (nSPS) is 29.5. The van der Waals surface area contributed by atoms with E-state index < -0.39 is 0 Å². The van der Waals surface area contributed by atoms with Crippen LogP contribution < -0.4 is 0 Å². The molecule has 0 aliphatic heterocycles. The van der Waals surface area contributed by atoms with Crippen LogP contribution >= 0.6 is 15.9 Å². The van der Waals surface area contributed by atoms with Crippen molar-refractivity contribution in [3.63, 3.8) is 0 Å². The number of halogens is 1. The summed E-state index contributed by atoms with van der Waals surface area (Å²) >= 11 is 3.82. The van der Waals surface area contributed by atoms with Gasteiger partial charge in [-0.3, -0.25) is 0 Å². The van der Waals surface area contributed by atoms with E-state index >= 15 is 0 Å². The smallest absolute Gasteiger partial charge is 0.00879 e. The lowest BCUT2D eigenvalue weighted by Crippen LogP contribution is -2.34. The molecule has 0 bridgehead atoms. The summed E-state index contributed by atoms with van der Waals surface area (Å²) in [5.41, 5.74) is 1.60. The van der Waals surface area contributed by atoms with Crippen LogP contribution in [0.25, 0.3) is 0 Å². The van der Waals surface area contributed by atoms with Crippen LogP contribution in [0.5, 0.6) is 0 Å². The first-order valence-electron chi connectivity index (χ1n) is 8.14. The summed E-state index contributed by atoms with van der Waals surface area (Å²) in [5.74, 6) is 0.933. The molecule has 1 fully saturated rings. The molecule has 0 heterocycles. The van der Waals surface area contributed by atoms with Crippen LogP contribution in [0.3, 0.4) is 0 Å². The zero-order valence-electron chi connectivity index (χ0n) is 14.1. The van der Waals surface area contributed by atoms with Gasteiger partial charge in [-0.2, -0.15) is 0 Å². The van der Waals surface area contributed by atoms with Crippen LogP contribution in [0.15, 0.2) is 0 Å². The molecular weight excluding hydrogens is 296 g/mol. The van der Waals surface area contributed by atoms with Crippen LogP contribution in [0.4, 0.5) is 0 Å². The maximum Gasteiger partial charge on any atom is 0.00879 e. The third-order valence-corrected chi connectivity index (χ3v) is 6.38. The molecule has 1 rings (SSSR count). The van der Waals surface area contributed by atoms with E-state index in [2.05, 4.69) is 57.5 Å². The Kier molecular flexibility index (Phi) is 6.00. The Balaban J connectivity index is 2.47. The average Bonchev–Trinajstić information content (AvgIpc) is 2.26. The molecular formula is C18H35Br. The summed E-state index contributed by atoms with van der Waals surface area (Å²) in [7, 11) is 0. The molecule has 0 nitrogen and oxygen atoms in total. The van der Waals surface area contributed by atoms with Crippen molar-refractivity contribution in [2.75, 3.05) is 5.33 Å². The van der Waals surface area contributed by atoms with E-state index in [4.69, 9.17) is 0 Å². The summed E-state index contributed by atoms with van der Waals surface area (Å²) in [6, 6.07) is 0. The fourth-order valence-electron chi connectivity index (χ4n) is 3.54. The molecule has 0 saturated heterocycles. The lowest BCUT2D eigenvalue weighted by molar-refractivity contribution is 0.0933. The molecule has 0 unspecified atom stereocenters. The highest BCUT2D eigenvalue weighted by atomic mass is 79.9. The molecule has 0 N–H and O–H groups in total. The number of hydrogen-bond acceptors (Lipinski definition) is 0. The minimum atomic E-state index is 0.496. The van der Waals surface area contributed by atoms with Gasteiger partial charge in [0.05, 0.1) is 0 Å². The molecule has 0 atom stereocenters. The summed E-state index contributed by atoms with van der Waals surface area (Å²) in [6.45, 7) is 14.3. The van der Waals surface area contributed by atoms with Gasteiger partial charge in [-0.25, -0.2) is 0 Å². The lowest BCUT2D eigenvalue weighted by Gasteiger charge is -2.44. The fourth-order valence-corrected chi connectivity index (χ4v) is 4.38. The van der Waals surface area contributed by atoms with Gasteiger partial charge < -0.3 is 0 Å². The first kappa shape index (κ1) is 17.5. The van der Waals surface area contributed by atoms with Gasteiger partial charge in [-0.05, 0) is 60.7 Å². The van der Waals surface area contributed by atoms with E-state index in [1.165, 1.54) is 50.3 Å². The topological polar surface area (TPSA) is 0 Å². The largest absolute Gasteiger partial charge is 0.0922 e. The van der Waals surface area contributed by atoms with Crippen LogP contribution in [-0.4, -0.2) is 5.33 Å². The SMILES string of the molecule is CC(C)(C)CCCC1(CBr)CCC(C(C)(C)C)CC1. The molecule has 1 saturated carbocycles. The average molecular weight is 331 g/mol. The third kappa shape index (κ3) is 5.78. The van der Waals surface area contributed by atoms with Gasteiger partial charge in [0.1, 0.15) is 0 Å². The highest BCUT2D eigenvalue weighted by molar-refractivity contribution is 9.09. The number of alkyl halides is 1. The molecule has 1 aliphatic rings. The van der Waals surface area contributed by atoms with E-state index in [-0.39, 0.29) is 0 Å². The number of hydrogen-bond donors (Lipinski definition) is 0. The molecule has 0 radical (unpaired) electrons. The zero-order valence-corrected chi connectivity index (χ0v) is 15.7. The second-order valence-corrected chi connectivity index (χ2v) is 9.75. The van der Waals surface area contributed by atoms with Crippen molar-refractivity contribution in [3.05, 3.63) is 0 Å². The van der Waals surface area contributed by atoms with Crippen molar-refractivity contribution in [1.29, 1.82) is 0 Å². The minimum Gasteiger partial charge on any atom is -0.0922 e. The Labute approximate surface area is 130 Å². The van der Waals surface area contributed by atoms with Gasteiger partial charge in [0.2, 0.25) is 0 Å². The standard InChI is InChI=1S/C18H35Br/c1-16(2,3)10-7-11-18(14-19)12-8-15(9-13-18)17(4,5)6/h15H,7-14H2,1-6H3. The minimum absolute atomic E-state index is 0.496. The third-order valence-electron chi connectivity index (χ3n) is 5.19. The van der Waals surface area contributed by atoms with Gasteiger partial charge in [0, 0.05) is 5.33 Å². The van der Waals surface area contributed by atoms with Crippen LogP contribution in [-0.2, 0) is 0 Å². The quantitative estimate of drug-likeness (QED) is 0.496. The maximum absolute atomic E-state index is 3.82.